The van der Waals surface area contributed by atoms with Crippen LogP contribution in [-0.2, 0) is 4.74 Å². The van der Waals surface area contributed by atoms with Crippen molar-refractivity contribution >= 4 is 28.5 Å². The molecule has 0 aliphatic carbocycles. The van der Waals surface area contributed by atoms with E-state index in [2.05, 4.69) is 39.0 Å². The molecule has 0 saturated carbocycles. The Morgan fingerprint density at radius 1 is 1.05 bits per heavy atom. The van der Waals surface area contributed by atoms with E-state index in [9.17, 15) is 4.79 Å². The molecule has 0 aliphatic heterocycles. The van der Waals surface area contributed by atoms with Gasteiger partial charge in [-0.1, -0.05) is 42.1 Å². The summed E-state index contributed by atoms with van der Waals surface area (Å²) in [5.74, 6) is -0.482. The van der Waals surface area contributed by atoms with Gasteiger partial charge in [0.15, 0.2) is 5.69 Å². The summed E-state index contributed by atoms with van der Waals surface area (Å²) in [6.45, 7) is 0. The Morgan fingerprint density at radius 3 is 2.57 bits per heavy atom. The van der Waals surface area contributed by atoms with E-state index in [0.717, 1.165) is 9.92 Å². The Kier molecular flexibility index (Phi) is 3.83. The third-order valence-corrected chi connectivity index (χ3v) is 3.88. The molecule has 0 bridgehead atoms. The molecule has 5 heteroatoms. The van der Waals surface area contributed by atoms with Gasteiger partial charge in [-0.15, -0.1) is 0 Å². The number of hydrogen-bond donors (Lipinski definition) is 0. The van der Waals surface area contributed by atoms with Crippen LogP contribution >= 0.6 is 11.8 Å². The van der Waals surface area contributed by atoms with Gasteiger partial charge in [-0.05, 0) is 22.9 Å². The van der Waals surface area contributed by atoms with Crippen LogP contribution in [0.5, 0.6) is 0 Å². The first kappa shape index (κ1) is 13.6. The molecule has 3 aromatic rings. The smallest absolute Gasteiger partial charge is 0.358 e. The molecule has 0 saturated heterocycles. The first-order valence-electron chi connectivity index (χ1n) is 6.33. The summed E-state index contributed by atoms with van der Waals surface area (Å²) in [4.78, 5) is 20.6. The number of esters is 1. The number of fused-ring (bicyclic) bond motifs is 1. The molecular formula is C16H12N2O2S. The van der Waals surface area contributed by atoms with Crippen molar-refractivity contribution in [1.82, 2.24) is 9.97 Å². The first-order valence-corrected chi connectivity index (χ1v) is 7.15. The molecule has 0 spiro atoms. The summed E-state index contributed by atoms with van der Waals surface area (Å²) in [6, 6.07) is 14.4. The molecule has 2 aromatic carbocycles. The lowest BCUT2D eigenvalue weighted by atomic mass is 10.1. The Labute approximate surface area is 126 Å². The molecule has 0 aliphatic rings. The van der Waals surface area contributed by atoms with Crippen LogP contribution in [0, 0.1) is 0 Å². The molecule has 0 unspecified atom stereocenters. The highest BCUT2D eigenvalue weighted by molar-refractivity contribution is 7.99. The fourth-order valence-corrected chi connectivity index (χ4v) is 2.70. The number of rotatable bonds is 3. The SMILES string of the molecule is COC(=O)c1cnc(Sc2ccc3ccccc3c2)cn1. The lowest BCUT2D eigenvalue weighted by Gasteiger charge is -2.03. The van der Waals surface area contributed by atoms with Gasteiger partial charge in [0.2, 0.25) is 0 Å². The van der Waals surface area contributed by atoms with Crippen LogP contribution in [0.2, 0.25) is 0 Å². The zero-order chi connectivity index (χ0) is 14.7. The third kappa shape index (κ3) is 3.03. The number of aromatic nitrogens is 2. The van der Waals surface area contributed by atoms with Gasteiger partial charge in [0.1, 0.15) is 5.03 Å². The van der Waals surface area contributed by atoms with Gasteiger partial charge in [-0.3, -0.25) is 0 Å². The minimum Gasteiger partial charge on any atom is -0.464 e. The largest absolute Gasteiger partial charge is 0.464 e. The van der Waals surface area contributed by atoms with Crippen molar-refractivity contribution in [3.63, 3.8) is 0 Å². The summed E-state index contributed by atoms with van der Waals surface area (Å²) in [5.41, 5.74) is 0.209. The van der Waals surface area contributed by atoms with Crippen molar-refractivity contribution in [3.05, 3.63) is 60.6 Å². The average molecular weight is 296 g/mol. The van der Waals surface area contributed by atoms with Crippen molar-refractivity contribution in [3.8, 4) is 0 Å². The van der Waals surface area contributed by atoms with Crippen LogP contribution in [0.4, 0.5) is 0 Å². The van der Waals surface area contributed by atoms with Crippen LogP contribution in [0.3, 0.4) is 0 Å². The van der Waals surface area contributed by atoms with Gasteiger partial charge in [0.05, 0.1) is 19.5 Å². The average Bonchev–Trinajstić information content (AvgIpc) is 2.55. The fraction of sp³-hybridized carbons (Fsp3) is 0.0625. The molecule has 0 N–H and O–H groups in total. The normalized spacial score (nSPS) is 10.5. The fourth-order valence-electron chi connectivity index (χ4n) is 1.93. The second kappa shape index (κ2) is 5.93. The molecule has 104 valence electrons. The maximum atomic E-state index is 11.3. The van der Waals surface area contributed by atoms with E-state index in [0.29, 0.717) is 0 Å². The van der Waals surface area contributed by atoms with Gasteiger partial charge in [0, 0.05) is 4.90 Å². The first-order chi connectivity index (χ1) is 10.3. The summed E-state index contributed by atoms with van der Waals surface area (Å²) in [6.07, 6.45) is 3.00. The molecular weight excluding hydrogens is 284 g/mol. The molecule has 21 heavy (non-hydrogen) atoms. The summed E-state index contributed by atoms with van der Waals surface area (Å²) >= 11 is 1.50. The Balaban J connectivity index is 1.83. The van der Waals surface area contributed by atoms with Gasteiger partial charge in [0.25, 0.3) is 0 Å². The van der Waals surface area contributed by atoms with Crippen molar-refractivity contribution in [1.29, 1.82) is 0 Å². The van der Waals surface area contributed by atoms with E-state index in [4.69, 9.17) is 0 Å². The number of nitrogens with zero attached hydrogens (tertiary/aromatic N) is 2. The minimum atomic E-state index is -0.482. The van der Waals surface area contributed by atoms with Gasteiger partial charge in [-0.2, -0.15) is 0 Å². The van der Waals surface area contributed by atoms with E-state index in [1.54, 1.807) is 6.20 Å². The van der Waals surface area contributed by atoms with Crippen LogP contribution in [0.25, 0.3) is 10.8 Å². The zero-order valence-corrected chi connectivity index (χ0v) is 12.1. The van der Waals surface area contributed by atoms with Crippen LogP contribution < -0.4 is 0 Å². The second-order valence-corrected chi connectivity index (χ2v) is 5.44. The predicted octanol–water partition coefficient (Wildman–Crippen LogP) is 3.57. The highest BCUT2D eigenvalue weighted by Gasteiger charge is 2.08. The monoisotopic (exact) mass is 296 g/mol. The number of benzene rings is 2. The second-order valence-electron chi connectivity index (χ2n) is 4.34. The van der Waals surface area contributed by atoms with Crippen LogP contribution in [0.1, 0.15) is 10.5 Å². The van der Waals surface area contributed by atoms with Gasteiger partial charge >= 0.3 is 5.97 Å². The van der Waals surface area contributed by atoms with E-state index >= 15 is 0 Å². The Bertz CT molecular complexity index is 788. The highest BCUT2D eigenvalue weighted by atomic mass is 32.2. The van der Waals surface area contributed by atoms with E-state index in [-0.39, 0.29) is 5.69 Å². The van der Waals surface area contributed by atoms with Crippen molar-refractivity contribution in [2.75, 3.05) is 7.11 Å². The molecule has 0 amide bonds. The zero-order valence-electron chi connectivity index (χ0n) is 11.3. The van der Waals surface area contributed by atoms with Crippen molar-refractivity contribution in [2.24, 2.45) is 0 Å². The molecule has 0 fully saturated rings. The molecule has 3 rings (SSSR count). The number of hydrogen-bond acceptors (Lipinski definition) is 5. The standard InChI is InChI=1S/C16H12N2O2S/c1-20-16(19)14-9-18-15(10-17-14)21-13-7-6-11-4-2-3-5-12(11)8-13/h2-10H,1H3. The lowest BCUT2D eigenvalue weighted by Crippen LogP contribution is -2.04. The van der Waals surface area contributed by atoms with Crippen molar-refractivity contribution in [2.45, 2.75) is 9.92 Å². The molecule has 1 heterocycles. The molecule has 0 atom stereocenters. The number of carbonyl (C=O) groups excluding carboxylic acids is 1. The van der Waals surface area contributed by atoms with E-state index in [1.165, 1.54) is 35.8 Å². The quantitative estimate of drug-likeness (QED) is 0.692. The summed E-state index contributed by atoms with van der Waals surface area (Å²) in [5, 5.41) is 3.12. The Hall–Kier alpha value is -2.40. The third-order valence-electron chi connectivity index (χ3n) is 2.97. The number of carbonyl (C=O) groups is 1. The van der Waals surface area contributed by atoms with Gasteiger partial charge < -0.3 is 4.74 Å². The topological polar surface area (TPSA) is 52.1 Å². The molecule has 4 nitrogen and oxygen atoms in total. The lowest BCUT2D eigenvalue weighted by molar-refractivity contribution is 0.0593. The Morgan fingerprint density at radius 2 is 1.86 bits per heavy atom. The predicted molar refractivity (Wildman–Crippen MR) is 81.4 cm³/mol. The maximum absolute atomic E-state index is 11.3. The molecule has 0 radical (unpaired) electrons. The summed E-state index contributed by atoms with van der Waals surface area (Å²) < 4.78 is 4.59. The van der Waals surface area contributed by atoms with E-state index < -0.39 is 5.97 Å². The summed E-state index contributed by atoms with van der Waals surface area (Å²) in [7, 11) is 1.32. The van der Waals surface area contributed by atoms with Crippen molar-refractivity contribution < 1.29 is 9.53 Å². The van der Waals surface area contributed by atoms with Crippen LogP contribution in [0.15, 0.2) is 64.8 Å². The number of methoxy groups -OCH3 is 1. The highest BCUT2D eigenvalue weighted by Crippen LogP contribution is 2.28. The minimum absolute atomic E-state index is 0.209. The number of ether oxygens (including phenoxy) is 1. The molecule has 1 aromatic heterocycles. The van der Waals surface area contributed by atoms with Crippen LogP contribution in [-0.4, -0.2) is 23.0 Å². The van der Waals surface area contributed by atoms with E-state index in [1.807, 2.05) is 18.2 Å². The maximum Gasteiger partial charge on any atom is 0.358 e. The van der Waals surface area contributed by atoms with Gasteiger partial charge in [-0.25, -0.2) is 14.8 Å².